The quantitative estimate of drug-likeness (QED) is 0.569. The molecule has 0 spiro atoms. The smallest absolute Gasteiger partial charge is 0.105 e. The number of nitrogens with two attached hydrogens (primary N) is 1. The number of furan rings is 1. The summed E-state index contributed by atoms with van der Waals surface area (Å²) in [6, 6.07) is 5.64. The average molecular weight is 204 g/mol. The third-order valence-electron chi connectivity index (χ3n) is 2.20. The third kappa shape index (κ3) is 2.39. The van der Waals surface area contributed by atoms with Gasteiger partial charge < -0.3 is 4.42 Å². The van der Waals surface area contributed by atoms with Crippen LogP contribution in [0.4, 0.5) is 0 Å². The topological polar surface area (TPSA) is 77.0 Å². The molecule has 0 aliphatic rings. The highest BCUT2D eigenvalue weighted by atomic mass is 16.3. The second-order valence-corrected chi connectivity index (χ2v) is 3.18. The van der Waals surface area contributed by atoms with Crippen molar-refractivity contribution in [2.75, 3.05) is 0 Å². The molecule has 0 saturated heterocycles. The van der Waals surface area contributed by atoms with Crippen LogP contribution in [0.1, 0.15) is 17.4 Å². The molecule has 0 radical (unpaired) electrons. The van der Waals surface area contributed by atoms with Gasteiger partial charge in [-0.15, -0.1) is 0 Å². The van der Waals surface area contributed by atoms with Crippen LogP contribution in [0, 0.1) is 0 Å². The van der Waals surface area contributed by atoms with Crippen LogP contribution in [0.15, 0.2) is 41.3 Å². The molecule has 2 aromatic heterocycles. The van der Waals surface area contributed by atoms with Gasteiger partial charge >= 0.3 is 0 Å². The summed E-state index contributed by atoms with van der Waals surface area (Å²) in [7, 11) is 0. The first kappa shape index (κ1) is 9.82. The standard InChI is InChI=1S/C10H12N4O/c11-14-10(6-9-2-1-5-15-9)8-3-4-12-13-7-8/h1-5,7,10,14H,6,11H2. The second-order valence-electron chi connectivity index (χ2n) is 3.18. The zero-order valence-electron chi connectivity index (χ0n) is 8.13. The van der Waals surface area contributed by atoms with E-state index in [-0.39, 0.29) is 6.04 Å². The predicted molar refractivity (Wildman–Crippen MR) is 54.5 cm³/mol. The zero-order chi connectivity index (χ0) is 10.5. The van der Waals surface area contributed by atoms with Crippen LogP contribution in [0.5, 0.6) is 0 Å². The molecule has 0 aliphatic heterocycles. The third-order valence-corrected chi connectivity index (χ3v) is 2.20. The molecule has 2 aromatic rings. The highest BCUT2D eigenvalue weighted by molar-refractivity contribution is 5.14. The van der Waals surface area contributed by atoms with Crippen LogP contribution in [-0.2, 0) is 6.42 Å². The van der Waals surface area contributed by atoms with Gasteiger partial charge in [0.25, 0.3) is 0 Å². The molecule has 0 saturated carbocycles. The lowest BCUT2D eigenvalue weighted by Crippen LogP contribution is -2.29. The van der Waals surface area contributed by atoms with Crippen LogP contribution in [0.25, 0.3) is 0 Å². The fourth-order valence-electron chi connectivity index (χ4n) is 1.41. The molecule has 2 rings (SSSR count). The molecule has 1 unspecified atom stereocenters. The van der Waals surface area contributed by atoms with Gasteiger partial charge in [-0.1, -0.05) is 0 Å². The Bertz CT molecular complexity index is 387. The van der Waals surface area contributed by atoms with Crippen molar-refractivity contribution >= 4 is 0 Å². The van der Waals surface area contributed by atoms with E-state index in [0.29, 0.717) is 6.42 Å². The summed E-state index contributed by atoms with van der Waals surface area (Å²) in [6.07, 6.45) is 5.66. The van der Waals surface area contributed by atoms with E-state index in [1.54, 1.807) is 18.7 Å². The lowest BCUT2D eigenvalue weighted by molar-refractivity contribution is 0.454. The Balaban J connectivity index is 2.12. The molecule has 0 fully saturated rings. The zero-order valence-corrected chi connectivity index (χ0v) is 8.13. The van der Waals surface area contributed by atoms with Crippen molar-refractivity contribution < 1.29 is 4.42 Å². The number of nitrogens with zero attached hydrogens (tertiary/aromatic N) is 2. The predicted octanol–water partition coefficient (Wildman–Crippen LogP) is 0.817. The normalized spacial score (nSPS) is 12.6. The summed E-state index contributed by atoms with van der Waals surface area (Å²) >= 11 is 0. The average Bonchev–Trinajstić information content (AvgIpc) is 2.80. The molecular weight excluding hydrogens is 192 g/mol. The molecule has 78 valence electrons. The first-order chi connectivity index (χ1) is 7.40. The maximum Gasteiger partial charge on any atom is 0.105 e. The number of aromatic nitrogens is 2. The van der Waals surface area contributed by atoms with E-state index in [2.05, 4.69) is 15.6 Å². The van der Waals surface area contributed by atoms with Crippen molar-refractivity contribution in [3.63, 3.8) is 0 Å². The van der Waals surface area contributed by atoms with Crippen LogP contribution in [-0.4, -0.2) is 10.2 Å². The van der Waals surface area contributed by atoms with Gasteiger partial charge in [-0.2, -0.15) is 10.2 Å². The molecule has 5 heteroatoms. The largest absolute Gasteiger partial charge is 0.469 e. The van der Waals surface area contributed by atoms with Crippen molar-refractivity contribution in [2.24, 2.45) is 5.84 Å². The Morgan fingerprint density at radius 3 is 2.93 bits per heavy atom. The SMILES string of the molecule is NNC(Cc1ccco1)c1ccnnc1. The highest BCUT2D eigenvalue weighted by Gasteiger charge is 2.11. The Labute approximate surface area is 87.3 Å². The molecule has 0 amide bonds. The Hall–Kier alpha value is -1.72. The van der Waals surface area contributed by atoms with E-state index in [9.17, 15) is 0 Å². The minimum absolute atomic E-state index is 0.00773. The van der Waals surface area contributed by atoms with Gasteiger partial charge in [0, 0.05) is 12.6 Å². The van der Waals surface area contributed by atoms with Gasteiger partial charge in [-0.05, 0) is 23.8 Å². The number of nitrogens with one attached hydrogen (secondary N) is 1. The van der Waals surface area contributed by atoms with Crippen molar-refractivity contribution in [3.05, 3.63) is 48.2 Å². The first-order valence-electron chi connectivity index (χ1n) is 4.65. The maximum absolute atomic E-state index is 5.48. The number of hydrogen-bond donors (Lipinski definition) is 2. The fraction of sp³-hybridized carbons (Fsp3) is 0.200. The van der Waals surface area contributed by atoms with Gasteiger partial charge in [0.15, 0.2) is 0 Å². The fourth-order valence-corrected chi connectivity index (χ4v) is 1.41. The lowest BCUT2D eigenvalue weighted by atomic mass is 10.1. The van der Waals surface area contributed by atoms with Gasteiger partial charge in [0.2, 0.25) is 0 Å². The van der Waals surface area contributed by atoms with Gasteiger partial charge in [-0.3, -0.25) is 11.3 Å². The van der Waals surface area contributed by atoms with E-state index < -0.39 is 0 Å². The lowest BCUT2D eigenvalue weighted by Gasteiger charge is -2.13. The maximum atomic E-state index is 5.48. The van der Waals surface area contributed by atoms with Crippen LogP contribution in [0.2, 0.25) is 0 Å². The van der Waals surface area contributed by atoms with Crippen molar-refractivity contribution in [2.45, 2.75) is 12.5 Å². The molecule has 2 heterocycles. The molecule has 0 aliphatic carbocycles. The summed E-state index contributed by atoms with van der Waals surface area (Å²) in [5, 5.41) is 7.52. The first-order valence-corrected chi connectivity index (χ1v) is 4.65. The van der Waals surface area contributed by atoms with Crippen LogP contribution < -0.4 is 11.3 Å². The number of hydrogen-bond acceptors (Lipinski definition) is 5. The molecule has 15 heavy (non-hydrogen) atoms. The van der Waals surface area contributed by atoms with E-state index in [0.717, 1.165) is 11.3 Å². The Morgan fingerprint density at radius 1 is 1.40 bits per heavy atom. The summed E-state index contributed by atoms with van der Waals surface area (Å²) in [5.41, 5.74) is 3.72. The Morgan fingerprint density at radius 2 is 2.33 bits per heavy atom. The minimum atomic E-state index is -0.00773. The molecule has 0 bridgehead atoms. The van der Waals surface area contributed by atoms with E-state index in [4.69, 9.17) is 10.3 Å². The second kappa shape index (κ2) is 4.68. The van der Waals surface area contributed by atoms with Crippen molar-refractivity contribution in [3.8, 4) is 0 Å². The van der Waals surface area contributed by atoms with Gasteiger partial charge in [0.05, 0.1) is 18.5 Å². The summed E-state index contributed by atoms with van der Waals surface area (Å²) in [4.78, 5) is 0. The number of hydrazine groups is 1. The Kier molecular flexibility index (Phi) is 3.06. The molecule has 1 atom stereocenters. The minimum Gasteiger partial charge on any atom is -0.469 e. The molecule has 5 nitrogen and oxygen atoms in total. The molecule has 3 N–H and O–H groups in total. The monoisotopic (exact) mass is 204 g/mol. The summed E-state index contributed by atoms with van der Waals surface area (Å²) < 4.78 is 5.26. The van der Waals surface area contributed by atoms with Crippen molar-refractivity contribution in [1.82, 2.24) is 15.6 Å². The van der Waals surface area contributed by atoms with E-state index in [1.807, 2.05) is 18.2 Å². The van der Waals surface area contributed by atoms with Gasteiger partial charge in [-0.25, -0.2) is 0 Å². The summed E-state index contributed by atoms with van der Waals surface area (Å²) in [5.74, 6) is 6.37. The van der Waals surface area contributed by atoms with Crippen LogP contribution >= 0.6 is 0 Å². The summed E-state index contributed by atoms with van der Waals surface area (Å²) in [6.45, 7) is 0. The van der Waals surface area contributed by atoms with E-state index >= 15 is 0 Å². The number of rotatable bonds is 4. The molecule has 0 aromatic carbocycles. The van der Waals surface area contributed by atoms with Gasteiger partial charge in [0.1, 0.15) is 5.76 Å². The van der Waals surface area contributed by atoms with Crippen LogP contribution in [0.3, 0.4) is 0 Å². The van der Waals surface area contributed by atoms with E-state index in [1.165, 1.54) is 0 Å². The molecular formula is C10H12N4O. The van der Waals surface area contributed by atoms with Crippen molar-refractivity contribution in [1.29, 1.82) is 0 Å². The highest BCUT2D eigenvalue weighted by Crippen LogP contribution is 2.16.